The zero-order chi connectivity index (χ0) is 15.4. The summed E-state index contributed by atoms with van der Waals surface area (Å²) in [6.07, 6.45) is 0. The minimum atomic E-state index is -0.425. The molecule has 0 aromatic heterocycles. The molecule has 2 aromatic carbocycles. The third-order valence-corrected chi connectivity index (χ3v) is 3.23. The van der Waals surface area contributed by atoms with Gasteiger partial charge in [0.05, 0.1) is 4.92 Å². The van der Waals surface area contributed by atoms with E-state index in [-0.39, 0.29) is 11.5 Å². The Morgan fingerprint density at radius 1 is 1.29 bits per heavy atom. The quantitative estimate of drug-likeness (QED) is 0.677. The highest BCUT2D eigenvalue weighted by Crippen LogP contribution is 2.25. The molecule has 2 rings (SSSR count). The smallest absolute Gasteiger partial charge is 0.269 e. The van der Waals surface area contributed by atoms with Gasteiger partial charge in [-0.2, -0.15) is 0 Å². The van der Waals surface area contributed by atoms with E-state index in [1.807, 2.05) is 11.9 Å². The summed E-state index contributed by atoms with van der Waals surface area (Å²) >= 11 is 0. The topological polar surface area (TPSA) is 58.4 Å². The Kier molecular flexibility index (Phi) is 4.37. The number of hydrogen-bond donors (Lipinski definition) is 1. The van der Waals surface area contributed by atoms with Crippen molar-refractivity contribution in [3.05, 3.63) is 64.0 Å². The second-order valence-corrected chi connectivity index (χ2v) is 4.68. The van der Waals surface area contributed by atoms with Crippen LogP contribution < -0.4 is 10.2 Å². The largest absolute Gasteiger partial charge is 0.388 e. The van der Waals surface area contributed by atoms with Crippen LogP contribution in [-0.4, -0.2) is 19.0 Å². The fraction of sp³-hybridized carbons (Fsp3) is 0.200. The molecule has 110 valence electrons. The van der Waals surface area contributed by atoms with Gasteiger partial charge in [0.2, 0.25) is 0 Å². The number of hydrogen-bond acceptors (Lipinski definition) is 4. The van der Waals surface area contributed by atoms with Gasteiger partial charge in [-0.05, 0) is 24.3 Å². The van der Waals surface area contributed by atoms with E-state index in [1.165, 1.54) is 24.3 Å². The third-order valence-electron chi connectivity index (χ3n) is 3.23. The van der Waals surface area contributed by atoms with Crippen molar-refractivity contribution in [1.29, 1.82) is 0 Å². The third kappa shape index (κ3) is 3.47. The van der Waals surface area contributed by atoms with E-state index in [9.17, 15) is 14.5 Å². The van der Waals surface area contributed by atoms with E-state index in [0.29, 0.717) is 12.2 Å². The van der Waals surface area contributed by atoms with Crippen LogP contribution in [0.3, 0.4) is 0 Å². The zero-order valence-corrected chi connectivity index (χ0v) is 11.8. The monoisotopic (exact) mass is 289 g/mol. The average molecular weight is 289 g/mol. The first-order valence-corrected chi connectivity index (χ1v) is 6.43. The highest BCUT2D eigenvalue weighted by molar-refractivity contribution is 5.58. The van der Waals surface area contributed by atoms with Crippen LogP contribution in [0.15, 0.2) is 42.5 Å². The first-order chi connectivity index (χ1) is 10.0. The molecule has 0 spiro atoms. The van der Waals surface area contributed by atoms with Gasteiger partial charge in [-0.25, -0.2) is 4.39 Å². The van der Waals surface area contributed by atoms with E-state index in [2.05, 4.69) is 5.32 Å². The van der Waals surface area contributed by atoms with Gasteiger partial charge in [-0.1, -0.05) is 6.07 Å². The van der Waals surface area contributed by atoms with Gasteiger partial charge >= 0.3 is 0 Å². The summed E-state index contributed by atoms with van der Waals surface area (Å²) in [4.78, 5) is 12.3. The maximum Gasteiger partial charge on any atom is 0.269 e. The molecule has 2 aromatic rings. The number of nitro groups is 1. The Bertz CT molecular complexity index is 661. The summed E-state index contributed by atoms with van der Waals surface area (Å²) in [7, 11) is 3.57. The lowest BCUT2D eigenvalue weighted by Gasteiger charge is -2.21. The highest BCUT2D eigenvalue weighted by Gasteiger charge is 2.12. The average Bonchev–Trinajstić information content (AvgIpc) is 2.47. The molecule has 0 saturated carbocycles. The van der Waals surface area contributed by atoms with E-state index >= 15 is 0 Å². The Morgan fingerprint density at radius 2 is 2.05 bits per heavy atom. The predicted molar refractivity (Wildman–Crippen MR) is 81.2 cm³/mol. The van der Waals surface area contributed by atoms with Crippen LogP contribution in [0.5, 0.6) is 0 Å². The number of nitrogens with one attached hydrogen (secondary N) is 1. The lowest BCUT2D eigenvalue weighted by molar-refractivity contribution is -0.384. The fourth-order valence-electron chi connectivity index (χ4n) is 2.13. The summed E-state index contributed by atoms with van der Waals surface area (Å²) in [6.45, 7) is 0.432. The van der Waals surface area contributed by atoms with Crippen molar-refractivity contribution in [3.63, 3.8) is 0 Å². The minimum Gasteiger partial charge on any atom is -0.388 e. The van der Waals surface area contributed by atoms with Crippen molar-refractivity contribution in [2.45, 2.75) is 6.54 Å². The van der Waals surface area contributed by atoms with Crippen LogP contribution in [0.4, 0.5) is 21.5 Å². The molecule has 6 heteroatoms. The summed E-state index contributed by atoms with van der Waals surface area (Å²) in [5, 5.41) is 13.9. The number of benzene rings is 2. The predicted octanol–water partition coefficient (Wildman–Crippen LogP) is 3.41. The van der Waals surface area contributed by atoms with Gasteiger partial charge in [0.25, 0.3) is 5.69 Å². The molecule has 0 unspecified atom stereocenters. The highest BCUT2D eigenvalue weighted by atomic mass is 19.1. The molecule has 0 radical (unpaired) electrons. The first-order valence-electron chi connectivity index (χ1n) is 6.43. The molecular formula is C15H16FN3O2. The standard InChI is InChI=1S/C15H16FN3O2/c1-17-15-7-6-14(19(20)21)8-11(15)10-18(2)13-5-3-4-12(16)9-13/h3-9,17H,10H2,1-2H3. The molecule has 0 aliphatic carbocycles. The zero-order valence-electron chi connectivity index (χ0n) is 11.8. The van der Waals surface area contributed by atoms with Crippen LogP contribution in [0.2, 0.25) is 0 Å². The molecule has 21 heavy (non-hydrogen) atoms. The van der Waals surface area contributed by atoms with Gasteiger partial charge in [-0.3, -0.25) is 10.1 Å². The second kappa shape index (κ2) is 6.21. The summed E-state index contributed by atoms with van der Waals surface area (Å²) in [6, 6.07) is 10.9. The molecule has 0 aliphatic rings. The molecule has 0 atom stereocenters. The first kappa shape index (κ1) is 14.8. The molecule has 0 saturated heterocycles. The van der Waals surface area contributed by atoms with Crippen LogP contribution in [0.25, 0.3) is 0 Å². The van der Waals surface area contributed by atoms with Gasteiger partial charge in [0.15, 0.2) is 0 Å². The molecule has 0 aliphatic heterocycles. The van der Waals surface area contributed by atoms with Gasteiger partial charge in [-0.15, -0.1) is 0 Å². The molecule has 0 bridgehead atoms. The normalized spacial score (nSPS) is 10.2. The number of halogens is 1. The van der Waals surface area contributed by atoms with Gasteiger partial charge in [0.1, 0.15) is 5.82 Å². The van der Waals surface area contributed by atoms with E-state index < -0.39 is 4.92 Å². The molecule has 1 N–H and O–H groups in total. The Labute approximate surface area is 122 Å². The fourth-order valence-corrected chi connectivity index (χ4v) is 2.13. The molecule has 5 nitrogen and oxygen atoms in total. The SMILES string of the molecule is CNc1ccc([N+](=O)[O-])cc1CN(C)c1cccc(F)c1. The number of nitrogens with zero attached hydrogens (tertiary/aromatic N) is 2. The maximum atomic E-state index is 13.3. The van der Waals surface area contributed by atoms with Crippen LogP contribution in [0, 0.1) is 15.9 Å². The van der Waals surface area contributed by atoms with E-state index in [0.717, 1.165) is 11.3 Å². The molecule has 0 fully saturated rings. The van der Waals surface area contributed by atoms with Crippen LogP contribution in [0.1, 0.15) is 5.56 Å². The molecular weight excluding hydrogens is 273 g/mol. The van der Waals surface area contributed by atoms with Crippen molar-refractivity contribution >= 4 is 17.1 Å². The van der Waals surface area contributed by atoms with Crippen LogP contribution >= 0.6 is 0 Å². The Hall–Kier alpha value is -2.63. The van der Waals surface area contributed by atoms with E-state index in [1.54, 1.807) is 25.2 Å². The van der Waals surface area contributed by atoms with Crippen molar-refractivity contribution in [2.75, 3.05) is 24.3 Å². The van der Waals surface area contributed by atoms with Crippen molar-refractivity contribution in [2.24, 2.45) is 0 Å². The lowest BCUT2D eigenvalue weighted by atomic mass is 10.1. The number of non-ortho nitro benzene ring substituents is 1. The number of anilines is 2. The summed E-state index contributed by atoms with van der Waals surface area (Å²) < 4.78 is 13.3. The number of rotatable bonds is 5. The summed E-state index contributed by atoms with van der Waals surface area (Å²) in [5.74, 6) is -0.313. The van der Waals surface area contributed by atoms with Crippen molar-refractivity contribution in [1.82, 2.24) is 0 Å². The van der Waals surface area contributed by atoms with Crippen molar-refractivity contribution < 1.29 is 9.31 Å². The molecule has 0 amide bonds. The van der Waals surface area contributed by atoms with Gasteiger partial charge < -0.3 is 10.2 Å². The van der Waals surface area contributed by atoms with Crippen LogP contribution in [-0.2, 0) is 6.54 Å². The summed E-state index contributed by atoms with van der Waals surface area (Å²) in [5.41, 5.74) is 2.34. The van der Waals surface area contributed by atoms with Gasteiger partial charge in [0, 0.05) is 49.7 Å². The second-order valence-electron chi connectivity index (χ2n) is 4.68. The lowest BCUT2D eigenvalue weighted by Crippen LogP contribution is -2.17. The number of nitro benzene ring substituents is 1. The Morgan fingerprint density at radius 3 is 2.67 bits per heavy atom. The van der Waals surface area contributed by atoms with Crippen molar-refractivity contribution in [3.8, 4) is 0 Å². The maximum absolute atomic E-state index is 13.3. The molecule has 0 heterocycles. The Balaban J connectivity index is 2.29. The minimum absolute atomic E-state index is 0.0386. The van der Waals surface area contributed by atoms with E-state index in [4.69, 9.17) is 0 Å².